The van der Waals surface area contributed by atoms with Gasteiger partial charge in [-0.3, -0.25) is 4.55 Å². The Morgan fingerprint density at radius 1 is 1.00 bits per heavy atom. The molecule has 0 saturated carbocycles. The van der Waals surface area contributed by atoms with Gasteiger partial charge in [-0.1, -0.05) is 0 Å². The SMILES string of the molecule is C1COCCO1.O=S(=O)(O)C(F)(F)F. The van der Waals surface area contributed by atoms with E-state index < -0.39 is 15.6 Å². The van der Waals surface area contributed by atoms with Gasteiger partial charge >= 0.3 is 15.6 Å². The van der Waals surface area contributed by atoms with Gasteiger partial charge in [-0.05, 0) is 0 Å². The molecule has 0 aromatic rings. The smallest absolute Gasteiger partial charge is 0.377 e. The highest BCUT2D eigenvalue weighted by molar-refractivity contribution is 7.86. The van der Waals surface area contributed by atoms with E-state index in [9.17, 15) is 13.2 Å². The maximum absolute atomic E-state index is 10.7. The van der Waals surface area contributed by atoms with Gasteiger partial charge in [-0.15, -0.1) is 0 Å². The van der Waals surface area contributed by atoms with Gasteiger partial charge in [0.15, 0.2) is 0 Å². The summed E-state index contributed by atoms with van der Waals surface area (Å²) in [7, 11) is -5.84. The second kappa shape index (κ2) is 5.49. The van der Waals surface area contributed by atoms with E-state index in [0.717, 1.165) is 26.4 Å². The Balaban J connectivity index is 0.000000249. The number of alkyl halides is 3. The molecule has 0 spiro atoms. The first-order valence-electron chi connectivity index (χ1n) is 3.44. The molecule has 0 aliphatic carbocycles. The Bertz CT molecular complexity index is 231. The molecule has 0 amide bonds. The van der Waals surface area contributed by atoms with E-state index in [1.807, 2.05) is 0 Å². The summed E-state index contributed by atoms with van der Waals surface area (Å²) < 4.78 is 67.4. The maximum Gasteiger partial charge on any atom is 0.522 e. The molecule has 1 fully saturated rings. The average Bonchev–Trinajstić information content (AvgIpc) is 2.05. The van der Waals surface area contributed by atoms with Gasteiger partial charge in [0.2, 0.25) is 0 Å². The highest BCUT2D eigenvalue weighted by Gasteiger charge is 2.44. The molecule has 0 radical (unpaired) electrons. The number of rotatable bonds is 0. The molecule has 0 aromatic heterocycles. The van der Waals surface area contributed by atoms with Crippen LogP contribution < -0.4 is 0 Å². The molecule has 9 heteroatoms. The van der Waals surface area contributed by atoms with Crippen LogP contribution in [0.15, 0.2) is 0 Å². The third-order valence-electron chi connectivity index (χ3n) is 1.04. The summed E-state index contributed by atoms with van der Waals surface area (Å²) in [5, 5.41) is 0. The van der Waals surface area contributed by atoms with E-state index in [2.05, 4.69) is 0 Å². The van der Waals surface area contributed by atoms with Gasteiger partial charge in [0.1, 0.15) is 0 Å². The van der Waals surface area contributed by atoms with Crippen molar-refractivity contribution in [1.29, 1.82) is 0 Å². The Kier molecular flexibility index (Phi) is 5.34. The van der Waals surface area contributed by atoms with Crippen LogP contribution in [0.1, 0.15) is 0 Å². The van der Waals surface area contributed by atoms with Crippen LogP contribution in [0.2, 0.25) is 0 Å². The molecule has 1 rings (SSSR count). The molecule has 1 aliphatic rings. The second-order valence-corrected chi connectivity index (χ2v) is 3.56. The van der Waals surface area contributed by atoms with Crippen LogP contribution in [0, 0.1) is 0 Å². The van der Waals surface area contributed by atoms with E-state index in [-0.39, 0.29) is 0 Å². The zero-order chi connectivity index (χ0) is 11.2. The zero-order valence-corrected chi connectivity index (χ0v) is 7.77. The lowest BCUT2D eigenvalue weighted by atomic mass is 10.6. The average molecular weight is 238 g/mol. The van der Waals surface area contributed by atoms with Gasteiger partial charge < -0.3 is 9.47 Å². The predicted octanol–water partition coefficient (Wildman–Crippen LogP) is 0.427. The van der Waals surface area contributed by atoms with Crippen LogP contribution in [0.5, 0.6) is 0 Å². The van der Waals surface area contributed by atoms with Crippen molar-refractivity contribution in [3.63, 3.8) is 0 Å². The van der Waals surface area contributed by atoms with Crippen molar-refractivity contribution in [1.82, 2.24) is 0 Å². The van der Waals surface area contributed by atoms with E-state index >= 15 is 0 Å². The topological polar surface area (TPSA) is 72.8 Å². The van der Waals surface area contributed by atoms with Gasteiger partial charge in [-0.25, -0.2) is 0 Å². The number of hydrogen-bond donors (Lipinski definition) is 1. The first kappa shape index (κ1) is 13.6. The Morgan fingerprint density at radius 2 is 1.21 bits per heavy atom. The lowest BCUT2D eigenvalue weighted by molar-refractivity contribution is -0.0510. The summed E-state index contributed by atoms with van der Waals surface area (Å²) in [6.07, 6.45) is 0. The lowest BCUT2D eigenvalue weighted by Crippen LogP contribution is -2.21. The number of hydrogen-bond acceptors (Lipinski definition) is 4. The fourth-order valence-electron chi connectivity index (χ4n) is 0.440. The maximum atomic E-state index is 10.7. The van der Waals surface area contributed by atoms with Crippen molar-refractivity contribution in [2.24, 2.45) is 0 Å². The van der Waals surface area contributed by atoms with Crippen molar-refractivity contribution in [3.8, 4) is 0 Å². The third kappa shape index (κ3) is 6.13. The van der Waals surface area contributed by atoms with Gasteiger partial charge in [-0.2, -0.15) is 21.6 Å². The van der Waals surface area contributed by atoms with Crippen LogP contribution in [0.3, 0.4) is 0 Å². The summed E-state index contributed by atoms with van der Waals surface area (Å²) in [6.45, 7) is 3.11. The second-order valence-electron chi connectivity index (χ2n) is 2.15. The van der Waals surface area contributed by atoms with Gasteiger partial charge in [0, 0.05) is 0 Å². The summed E-state index contributed by atoms with van der Waals surface area (Å²) >= 11 is 0. The molecule has 1 N–H and O–H groups in total. The summed E-state index contributed by atoms with van der Waals surface area (Å²) in [5.41, 5.74) is -5.53. The molecule has 0 atom stereocenters. The summed E-state index contributed by atoms with van der Waals surface area (Å²) in [5.74, 6) is 0. The van der Waals surface area contributed by atoms with Crippen LogP contribution in [0.4, 0.5) is 13.2 Å². The molecule has 0 unspecified atom stereocenters. The predicted molar refractivity (Wildman–Crippen MR) is 39.2 cm³/mol. The van der Waals surface area contributed by atoms with Crippen molar-refractivity contribution < 1.29 is 35.6 Å². The molecule has 0 bridgehead atoms. The molecule has 0 aromatic carbocycles. The van der Waals surface area contributed by atoms with E-state index in [4.69, 9.17) is 22.4 Å². The summed E-state index contributed by atoms with van der Waals surface area (Å²) in [6, 6.07) is 0. The Morgan fingerprint density at radius 3 is 1.29 bits per heavy atom. The van der Waals surface area contributed by atoms with Gasteiger partial charge in [0.25, 0.3) is 0 Å². The largest absolute Gasteiger partial charge is 0.522 e. The number of ether oxygens (including phenoxy) is 2. The van der Waals surface area contributed by atoms with Crippen molar-refractivity contribution >= 4 is 10.1 Å². The van der Waals surface area contributed by atoms with Crippen molar-refractivity contribution in [3.05, 3.63) is 0 Å². The molecule has 5 nitrogen and oxygen atoms in total. The van der Waals surface area contributed by atoms with Crippen molar-refractivity contribution in [2.45, 2.75) is 5.51 Å². The molecule has 1 aliphatic heterocycles. The van der Waals surface area contributed by atoms with E-state index in [0.29, 0.717) is 0 Å². The minimum atomic E-state index is -5.84. The Hall–Kier alpha value is -0.380. The van der Waals surface area contributed by atoms with E-state index in [1.54, 1.807) is 0 Å². The fourth-order valence-corrected chi connectivity index (χ4v) is 0.440. The molecule has 1 heterocycles. The normalized spacial score (nSPS) is 18.3. The monoisotopic (exact) mass is 238 g/mol. The molecule has 86 valence electrons. The highest BCUT2D eigenvalue weighted by Crippen LogP contribution is 2.20. The van der Waals surface area contributed by atoms with Crippen LogP contribution >= 0.6 is 0 Å². The van der Waals surface area contributed by atoms with Crippen molar-refractivity contribution in [2.75, 3.05) is 26.4 Å². The van der Waals surface area contributed by atoms with Crippen LogP contribution in [0.25, 0.3) is 0 Å². The first-order chi connectivity index (χ1) is 6.25. The third-order valence-corrected chi connectivity index (χ3v) is 1.62. The minimum Gasteiger partial charge on any atom is -0.377 e. The molecular formula is C5H9F3O5S. The minimum absolute atomic E-state index is 0.778. The first-order valence-corrected chi connectivity index (χ1v) is 4.88. The zero-order valence-electron chi connectivity index (χ0n) is 6.95. The molecule has 14 heavy (non-hydrogen) atoms. The lowest BCUT2D eigenvalue weighted by Gasteiger charge is -2.09. The van der Waals surface area contributed by atoms with Crippen LogP contribution in [-0.2, 0) is 19.6 Å². The molecular weight excluding hydrogens is 229 g/mol. The molecule has 1 saturated heterocycles. The van der Waals surface area contributed by atoms with E-state index in [1.165, 1.54) is 0 Å². The fraction of sp³-hybridized carbons (Fsp3) is 1.00. The quantitative estimate of drug-likeness (QED) is 0.489. The summed E-state index contributed by atoms with van der Waals surface area (Å²) in [4.78, 5) is 0. The van der Waals surface area contributed by atoms with Gasteiger partial charge in [0.05, 0.1) is 26.4 Å². The van der Waals surface area contributed by atoms with Crippen LogP contribution in [-0.4, -0.2) is 44.9 Å². The number of halogens is 3. The Labute approximate surface area is 78.6 Å². The highest BCUT2D eigenvalue weighted by atomic mass is 32.2. The standard InChI is InChI=1S/C4H8O2.CHF3O3S/c1-2-6-4-3-5-1;2-1(3,4)8(5,6)7/h1-4H2;(H,5,6,7).